The van der Waals surface area contributed by atoms with Crippen molar-refractivity contribution in [3.8, 4) is 0 Å². The number of benzene rings is 1. The highest BCUT2D eigenvalue weighted by atomic mass is 16.5. The van der Waals surface area contributed by atoms with Crippen molar-refractivity contribution in [2.45, 2.75) is 32.7 Å². The van der Waals surface area contributed by atoms with Gasteiger partial charge in [0, 0.05) is 12.8 Å². The molecule has 126 valence electrons. The van der Waals surface area contributed by atoms with E-state index in [4.69, 9.17) is 4.74 Å². The van der Waals surface area contributed by atoms with E-state index >= 15 is 0 Å². The van der Waals surface area contributed by atoms with Gasteiger partial charge >= 0.3 is 5.97 Å². The summed E-state index contributed by atoms with van der Waals surface area (Å²) < 4.78 is 5.07. The second-order valence-corrected chi connectivity index (χ2v) is 6.15. The number of quaternary nitrogens is 1. The Kier molecular flexibility index (Phi) is 6.59. The zero-order valence-corrected chi connectivity index (χ0v) is 14.0. The van der Waals surface area contributed by atoms with Crippen LogP contribution in [0.15, 0.2) is 30.3 Å². The summed E-state index contributed by atoms with van der Waals surface area (Å²) in [6.07, 6.45) is 1.60. The van der Waals surface area contributed by atoms with Crippen LogP contribution < -0.4 is 10.2 Å². The van der Waals surface area contributed by atoms with Gasteiger partial charge in [0.05, 0.1) is 31.7 Å². The largest absolute Gasteiger partial charge is 0.466 e. The predicted octanol–water partition coefficient (Wildman–Crippen LogP) is 0.722. The van der Waals surface area contributed by atoms with Crippen LogP contribution in [0, 0.1) is 5.92 Å². The fourth-order valence-corrected chi connectivity index (χ4v) is 3.04. The first-order valence-corrected chi connectivity index (χ1v) is 8.44. The number of carbonyl (C=O) groups excluding carboxylic acids is 2. The summed E-state index contributed by atoms with van der Waals surface area (Å²) >= 11 is 0. The standard InChI is InChI=1S/C18H26N2O3/c1-3-23-18(22)16-9-11-20(12-10-16)13-17(21)19-14(2)15-7-5-4-6-8-15/h4-8,14,16H,3,9-13H2,1-2H3,(H,19,21)/p+1/t14-/m1/s1. The lowest BCUT2D eigenvalue weighted by atomic mass is 9.97. The summed E-state index contributed by atoms with van der Waals surface area (Å²) in [6, 6.07) is 9.97. The molecule has 0 saturated carbocycles. The summed E-state index contributed by atoms with van der Waals surface area (Å²) in [5, 5.41) is 3.05. The Bertz CT molecular complexity index is 510. The Morgan fingerprint density at radius 1 is 1.26 bits per heavy atom. The summed E-state index contributed by atoms with van der Waals surface area (Å²) in [5.74, 6) is -0.0235. The number of piperidine rings is 1. The van der Waals surface area contributed by atoms with E-state index in [0.717, 1.165) is 31.5 Å². The number of nitrogens with one attached hydrogen (secondary N) is 2. The van der Waals surface area contributed by atoms with Crippen molar-refractivity contribution in [1.29, 1.82) is 0 Å². The SMILES string of the molecule is CCOC(=O)C1CC[NH+](CC(=O)N[C@H](C)c2ccccc2)CC1. The molecule has 0 bridgehead atoms. The van der Waals surface area contributed by atoms with E-state index in [2.05, 4.69) is 5.32 Å². The third kappa shape index (κ3) is 5.36. The summed E-state index contributed by atoms with van der Waals surface area (Å²) in [4.78, 5) is 25.1. The smallest absolute Gasteiger partial charge is 0.309 e. The van der Waals surface area contributed by atoms with Gasteiger partial charge in [0.15, 0.2) is 6.54 Å². The average Bonchev–Trinajstić information content (AvgIpc) is 2.56. The van der Waals surface area contributed by atoms with Crippen LogP contribution in [-0.4, -0.2) is 38.1 Å². The van der Waals surface area contributed by atoms with Crippen LogP contribution in [0.4, 0.5) is 0 Å². The molecule has 0 aromatic heterocycles. The van der Waals surface area contributed by atoms with E-state index in [9.17, 15) is 9.59 Å². The monoisotopic (exact) mass is 319 g/mol. The van der Waals surface area contributed by atoms with Crippen molar-refractivity contribution in [3.63, 3.8) is 0 Å². The summed E-state index contributed by atoms with van der Waals surface area (Å²) in [7, 11) is 0. The fraction of sp³-hybridized carbons (Fsp3) is 0.556. The molecule has 1 atom stereocenters. The zero-order chi connectivity index (χ0) is 16.7. The third-order valence-electron chi connectivity index (χ3n) is 4.40. The fourth-order valence-electron chi connectivity index (χ4n) is 3.04. The van der Waals surface area contributed by atoms with Crippen LogP contribution in [0.3, 0.4) is 0 Å². The van der Waals surface area contributed by atoms with Crippen LogP contribution in [0.1, 0.15) is 38.3 Å². The minimum atomic E-state index is -0.0892. The van der Waals surface area contributed by atoms with Crippen molar-refractivity contribution in [2.24, 2.45) is 5.92 Å². The maximum atomic E-state index is 12.2. The molecule has 1 aromatic carbocycles. The molecule has 1 aliphatic heterocycles. The third-order valence-corrected chi connectivity index (χ3v) is 4.40. The Morgan fingerprint density at radius 2 is 1.91 bits per heavy atom. The number of ether oxygens (including phenoxy) is 1. The van der Waals surface area contributed by atoms with Gasteiger partial charge in [0.2, 0.25) is 0 Å². The molecule has 0 unspecified atom stereocenters. The zero-order valence-electron chi connectivity index (χ0n) is 14.0. The van der Waals surface area contributed by atoms with Crippen LogP contribution >= 0.6 is 0 Å². The molecular weight excluding hydrogens is 292 g/mol. The van der Waals surface area contributed by atoms with Crippen molar-refractivity contribution in [1.82, 2.24) is 5.32 Å². The van der Waals surface area contributed by atoms with Gasteiger partial charge in [-0.2, -0.15) is 0 Å². The van der Waals surface area contributed by atoms with Gasteiger partial charge in [-0.3, -0.25) is 9.59 Å². The molecule has 5 nitrogen and oxygen atoms in total. The van der Waals surface area contributed by atoms with Gasteiger partial charge in [-0.25, -0.2) is 0 Å². The molecule has 2 rings (SSSR count). The first-order chi connectivity index (χ1) is 11.1. The molecule has 5 heteroatoms. The van der Waals surface area contributed by atoms with Gasteiger partial charge in [0.1, 0.15) is 0 Å². The van der Waals surface area contributed by atoms with E-state index in [-0.39, 0.29) is 23.8 Å². The average molecular weight is 319 g/mol. The van der Waals surface area contributed by atoms with Crippen LogP contribution in [0.25, 0.3) is 0 Å². The highest BCUT2D eigenvalue weighted by Gasteiger charge is 2.29. The number of rotatable bonds is 6. The van der Waals surface area contributed by atoms with Crippen molar-refractivity contribution in [3.05, 3.63) is 35.9 Å². The van der Waals surface area contributed by atoms with Gasteiger partial charge in [0.25, 0.3) is 5.91 Å². The molecule has 1 aromatic rings. The van der Waals surface area contributed by atoms with E-state index in [1.165, 1.54) is 4.90 Å². The number of amides is 1. The van der Waals surface area contributed by atoms with Crippen molar-refractivity contribution >= 4 is 11.9 Å². The first kappa shape index (κ1) is 17.5. The molecule has 2 N–H and O–H groups in total. The highest BCUT2D eigenvalue weighted by Crippen LogP contribution is 2.12. The number of hydrogen-bond acceptors (Lipinski definition) is 3. The maximum Gasteiger partial charge on any atom is 0.309 e. The molecule has 23 heavy (non-hydrogen) atoms. The lowest BCUT2D eigenvalue weighted by Crippen LogP contribution is -3.14. The minimum Gasteiger partial charge on any atom is -0.466 e. The molecule has 1 fully saturated rings. The lowest BCUT2D eigenvalue weighted by Gasteiger charge is -2.28. The molecule has 0 spiro atoms. The van der Waals surface area contributed by atoms with Crippen LogP contribution in [0.5, 0.6) is 0 Å². The number of hydrogen-bond donors (Lipinski definition) is 2. The molecule has 1 aliphatic rings. The maximum absolute atomic E-state index is 12.2. The number of likely N-dealkylation sites (tertiary alicyclic amines) is 1. The first-order valence-electron chi connectivity index (χ1n) is 8.44. The van der Waals surface area contributed by atoms with Gasteiger partial charge in [-0.05, 0) is 19.4 Å². The Labute approximate surface area is 138 Å². The highest BCUT2D eigenvalue weighted by molar-refractivity contribution is 5.77. The Hall–Kier alpha value is -1.88. The molecule has 0 aliphatic carbocycles. The van der Waals surface area contributed by atoms with E-state index in [1.807, 2.05) is 44.2 Å². The Morgan fingerprint density at radius 3 is 2.52 bits per heavy atom. The summed E-state index contributed by atoms with van der Waals surface area (Å²) in [6.45, 7) is 6.41. The number of esters is 1. The lowest BCUT2D eigenvalue weighted by molar-refractivity contribution is -0.897. The van der Waals surface area contributed by atoms with Crippen molar-refractivity contribution in [2.75, 3.05) is 26.2 Å². The quantitative estimate of drug-likeness (QED) is 0.760. The van der Waals surface area contributed by atoms with Crippen LogP contribution in [-0.2, 0) is 14.3 Å². The number of carbonyl (C=O) groups is 2. The van der Waals surface area contributed by atoms with E-state index in [0.29, 0.717) is 13.2 Å². The Balaban J connectivity index is 1.73. The predicted molar refractivity (Wildman–Crippen MR) is 87.9 cm³/mol. The topological polar surface area (TPSA) is 59.8 Å². The molecule has 1 saturated heterocycles. The van der Waals surface area contributed by atoms with Gasteiger partial charge in [-0.1, -0.05) is 30.3 Å². The molecule has 0 radical (unpaired) electrons. The van der Waals surface area contributed by atoms with Gasteiger partial charge < -0.3 is 15.0 Å². The van der Waals surface area contributed by atoms with E-state index < -0.39 is 0 Å². The molecule has 1 amide bonds. The van der Waals surface area contributed by atoms with Crippen LogP contribution in [0.2, 0.25) is 0 Å². The normalized spacial score (nSPS) is 22.2. The summed E-state index contributed by atoms with van der Waals surface area (Å²) in [5.41, 5.74) is 1.11. The van der Waals surface area contributed by atoms with Crippen molar-refractivity contribution < 1.29 is 19.2 Å². The molecule has 1 heterocycles. The second-order valence-electron chi connectivity index (χ2n) is 6.15. The van der Waals surface area contributed by atoms with Gasteiger partial charge in [-0.15, -0.1) is 0 Å². The molecular formula is C18H27N2O3+. The second kappa shape index (κ2) is 8.67. The van der Waals surface area contributed by atoms with E-state index in [1.54, 1.807) is 0 Å². The minimum absolute atomic E-state index is 0.00463.